The minimum Gasteiger partial charge on any atom is -0.357 e. The number of piperidine rings is 1. The van der Waals surface area contributed by atoms with Crippen molar-refractivity contribution in [3.05, 3.63) is 23.9 Å². The topological polar surface area (TPSA) is 16.1 Å². The first kappa shape index (κ1) is 12.9. The molecular formula is C14H21BrN2. The Morgan fingerprint density at radius 1 is 1.35 bits per heavy atom. The predicted octanol–water partition coefficient (Wildman–Crippen LogP) is 3.99. The molecule has 17 heavy (non-hydrogen) atoms. The van der Waals surface area contributed by atoms with Crippen molar-refractivity contribution in [1.82, 2.24) is 4.98 Å². The fourth-order valence-electron chi connectivity index (χ4n) is 2.31. The molecule has 0 N–H and O–H groups in total. The van der Waals surface area contributed by atoms with Crippen LogP contribution in [0.2, 0.25) is 0 Å². The molecule has 1 aromatic heterocycles. The molecule has 0 spiro atoms. The van der Waals surface area contributed by atoms with Gasteiger partial charge in [-0.1, -0.05) is 42.3 Å². The van der Waals surface area contributed by atoms with Gasteiger partial charge in [0.15, 0.2) is 0 Å². The van der Waals surface area contributed by atoms with Gasteiger partial charge in [-0.25, -0.2) is 4.98 Å². The van der Waals surface area contributed by atoms with E-state index in [2.05, 4.69) is 51.8 Å². The van der Waals surface area contributed by atoms with Crippen molar-refractivity contribution >= 4 is 21.7 Å². The van der Waals surface area contributed by atoms with Crippen molar-refractivity contribution in [3.63, 3.8) is 0 Å². The maximum atomic E-state index is 4.54. The molecule has 0 aromatic carbocycles. The smallest absolute Gasteiger partial charge is 0.128 e. The second-order valence-electron chi connectivity index (χ2n) is 5.31. The quantitative estimate of drug-likeness (QED) is 0.784. The van der Waals surface area contributed by atoms with Crippen LogP contribution < -0.4 is 4.90 Å². The van der Waals surface area contributed by atoms with Gasteiger partial charge in [0.25, 0.3) is 0 Å². The lowest BCUT2D eigenvalue weighted by Gasteiger charge is -2.39. The van der Waals surface area contributed by atoms with E-state index in [1.54, 1.807) is 0 Å². The number of anilines is 1. The molecule has 0 aliphatic carbocycles. The van der Waals surface area contributed by atoms with Crippen LogP contribution in [0.25, 0.3) is 0 Å². The maximum absolute atomic E-state index is 4.54. The molecule has 0 radical (unpaired) electrons. The Labute approximate surface area is 113 Å². The summed E-state index contributed by atoms with van der Waals surface area (Å²) in [4.78, 5) is 6.95. The maximum Gasteiger partial charge on any atom is 0.128 e. The molecule has 0 bridgehead atoms. The van der Waals surface area contributed by atoms with Crippen LogP contribution >= 0.6 is 15.9 Å². The Hall–Kier alpha value is -0.570. The van der Waals surface area contributed by atoms with Gasteiger partial charge in [-0.3, -0.25) is 0 Å². The van der Waals surface area contributed by atoms with Crippen LogP contribution in [-0.4, -0.2) is 18.1 Å². The number of hydrogen-bond donors (Lipinski definition) is 0. The standard InChI is InChI=1S/C14H21BrN2/c1-3-14(2)6-8-17(9-7-14)13-5-4-12(10-15)11-16-13/h4-5,11H,3,6-10H2,1-2H3. The fourth-order valence-corrected chi connectivity index (χ4v) is 2.64. The van der Waals surface area contributed by atoms with Gasteiger partial charge in [0.2, 0.25) is 0 Å². The van der Waals surface area contributed by atoms with E-state index in [0.717, 1.165) is 24.2 Å². The molecule has 1 aliphatic rings. The lowest BCUT2D eigenvalue weighted by atomic mass is 9.78. The molecule has 94 valence electrons. The molecule has 0 saturated carbocycles. The number of alkyl halides is 1. The Bertz CT molecular complexity index is 353. The van der Waals surface area contributed by atoms with Gasteiger partial charge in [0.05, 0.1) is 0 Å². The number of halogens is 1. The van der Waals surface area contributed by atoms with Crippen LogP contribution in [0.5, 0.6) is 0 Å². The normalized spacial score (nSPS) is 19.4. The number of nitrogens with zero attached hydrogens (tertiary/aromatic N) is 2. The Morgan fingerprint density at radius 3 is 2.53 bits per heavy atom. The van der Waals surface area contributed by atoms with Crippen LogP contribution in [0.3, 0.4) is 0 Å². The number of pyridine rings is 1. The zero-order valence-electron chi connectivity index (χ0n) is 10.7. The van der Waals surface area contributed by atoms with Gasteiger partial charge in [-0.05, 0) is 29.9 Å². The Morgan fingerprint density at radius 2 is 2.06 bits per heavy atom. The van der Waals surface area contributed by atoms with E-state index in [4.69, 9.17) is 0 Å². The lowest BCUT2D eigenvalue weighted by molar-refractivity contribution is 0.238. The third-order valence-corrected chi connectivity index (χ3v) is 4.76. The molecule has 0 atom stereocenters. The minimum atomic E-state index is 0.548. The molecule has 2 nitrogen and oxygen atoms in total. The molecule has 3 heteroatoms. The summed E-state index contributed by atoms with van der Waals surface area (Å²) >= 11 is 3.45. The van der Waals surface area contributed by atoms with Crippen LogP contribution in [0, 0.1) is 5.41 Å². The second kappa shape index (κ2) is 5.38. The van der Waals surface area contributed by atoms with Crippen molar-refractivity contribution in [3.8, 4) is 0 Å². The predicted molar refractivity (Wildman–Crippen MR) is 76.7 cm³/mol. The third kappa shape index (κ3) is 3.01. The average Bonchev–Trinajstić information content (AvgIpc) is 2.40. The van der Waals surface area contributed by atoms with Gasteiger partial charge in [-0.15, -0.1) is 0 Å². The minimum absolute atomic E-state index is 0.548. The largest absolute Gasteiger partial charge is 0.357 e. The Kier molecular flexibility index (Phi) is 4.08. The van der Waals surface area contributed by atoms with E-state index >= 15 is 0 Å². The summed E-state index contributed by atoms with van der Waals surface area (Å²) in [6.07, 6.45) is 5.82. The molecule has 0 unspecified atom stereocenters. The highest BCUT2D eigenvalue weighted by Crippen LogP contribution is 2.35. The lowest BCUT2D eigenvalue weighted by Crippen LogP contribution is -2.38. The van der Waals surface area contributed by atoms with E-state index in [1.165, 1.54) is 24.8 Å². The fraction of sp³-hybridized carbons (Fsp3) is 0.643. The first-order valence-corrected chi connectivity index (χ1v) is 7.55. The summed E-state index contributed by atoms with van der Waals surface area (Å²) < 4.78 is 0. The molecule has 0 amide bonds. The zero-order chi connectivity index (χ0) is 12.3. The van der Waals surface area contributed by atoms with E-state index in [9.17, 15) is 0 Å². The molecule has 1 aliphatic heterocycles. The zero-order valence-corrected chi connectivity index (χ0v) is 12.3. The van der Waals surface area contributed by atoms with Gasteiger partial charge in [0, 0.05) is 24.6 Å². The third-order valence-electron chi connectivity index (χ3n) is 4.11. The van der Waals surface area contributed by atoms with E-state index < -0.39 is 0 Å². The molecule has 1 aromatic rings. The molecule has 1 saturated heterocycles. The van der Waals surface area contributed by atoms with Crippen molar-refractivity contribution in [2.45, 2.75) is 38.4 Å². The van der Waals surface area contributed by atoms with Crippen LogP contribution in [-0.2, 0) is 5.33 Å². The molecule has 2 heterocycles. The summed E-state index contributed by atoms with van der Waals surface area (Å²) in [6.45, 7) is 7.00. The first-order valence-electron chi connectivity index (χ1n) is 6.43. The van der Waals surface area contributed by atoms with Gasteiger partial charge in [-0.2, -0.15) is 0 Å². The van der Waals surface area contributed by atoms with E-state index in [1.807, 2.05) is 6.20 Å². The van der Waals surface area contributed by atoms with E-state index in [0.29, 0.717) is 5.41 Å². The summed E-state index contributed by atoms with van der Waals surface area (Å²) in [7, 11) is 0. The summed E-state index contributed by atoms with van der Waals surface area (Å²) in [5.41, 5.74) is 1.79. The van der Waals surface area contributed by atoms with Crippen LogP contribution in [0.4, 0.5) is 5.82 Å². The molecular weight excluding hydrogens is 276 g/mol. The van der Waals surface area contributed by atoms with Gasteiger partial charge < -0.3 is 4.90 Å². The van der Waals surface area contributed by atoms with Gasteiger partial charge in [0.1, 0.15) is 5.82 Å². The highest BCUT2D eigenvalue weighted by atomic mass is 79.9. The average molecular weight is 297 g/mol. The molecule has 2 rings (SSSR count). The highest BCUT2D eigenvalue weighted by Gasteiger charge is 2.28. The van der Waals surface area contributed by atoms with Crippen LogP contribution in [0.1, 0.15) is 38.7 Å². The van der Waals surface area contributed by atoms with Crippen molar-refractivity contribution in [2.75, 3.05) is 18.0 Å². The summed E-state index contributed by atoms with van der Waals surface area (Å²) in [5.74, 6) is 1.13. The van der Waals surface area contributed by atoms with Crippen molar-refractivity contribution in [1.29, 1.82) is 0 Å². The first-order chi connectivity index (χ1) is 8.17. The molecule has 1 fully saturated rings. The Balaban J connectivity index is 2.00. The van der Waals surface area contributed by atoms with Crippen LogP contribution in [0.15, 0.2) is 18.3 Å². The van der Waals surface area contributed by atoms with Crippen molar-refractivity contribution < 1.29 is 0 Å². The van der Waals surface area contributed by atoms with E-state index in [-0.39, 0.29) is 0 Å². The summed E-state index contributed by atoms with van der Waals surface area (Å²) in [5, 5.41) is 0.883. The summed E-state index contributed by atoms with van der Waals surface area (Å²) in [6, 6.07) is 4.30. The van der Waals surface area contributed by atoms with Gasteiger partial charge >= 0.3 is 0 Å². The monoisotopic (exact) mass is 296 g/mol. The number of rotatable bonds is 3. The number of aromatic nitrogens is 1. The highest BCUT2D eigenvalue weighted by molar-refractivity contribution is 9.08. The number of hydrogen-bond acceptors (Lipinski definition) is 2. The second-order valence-corrected chi connectivity index (χ2v) is 5.87. The SMILES string of the molecule is CCC1(C)CCN(c2ccc(CBr)cn2)CC1. The van der Waals surface area contributed by atoms with Crippen molar-refractivity contribution in [2.24, 2.45) is 5.41 Å².